The summed E-state index contributed by atoms with van der Waals surface area (Å²) in [5.74, 6) is -1.88. The molecule has 6 nitrogen and oxygen atoms in total. The third kappa shape index (κ3) is 3.80. The van der Waals surface area contributed by atoms with E-state index < -0.39 is 17.7 Å². The standard InChI is InChI=1S/C19H21FN2O4/c1-4-8-25-15-7-6-12(9-14(15)20)17-13(10-21)18(22)26-11(3)16(17)19(23)24-5-2/h6-7,9,17H,4-5,8,22H2,1-3H3. The zero-order valence-corrected chi connectivity index (χ0v) is 15.0. The zero-order chi connectivity index (χ0) is 19.3. The molecule has 7 heteroatoms. The number of nitriles is 1. The fourth-order valence-electron chi connectivity index (χ4n) is 2.71. The van der Waals surface area contributed by atoms with Gasteiger partial charge in [-0.1, -0.05) is 13.0 Å². The Hall–Kier alpha value is -3.01. The van der Waals surface area contributed by atoms with Crippen molar-refractivity contribution in [3.8, 4) is 11.8 Å². The molecule has 1 aromatic carbocycles. The van der Waals surface area contributed by atoms with Gasteiger partial charge >= 0.3 is 5.97 Å². The first-order valence-corrected chi connectivity index (χ1v) is 8.32. The van der Waals surface area contributed by atoms with Gasteiger partial charge in [-0.3, -0.25) is 0 Å². The number of allylic oxidation sites excluding steroid dienone is 2. The van der Waals surface area contributed by atoms with Crippen molar-refractivity contribution in [2.24, 2.45) is 5.73 Å². The lowest BCUT2D eigenvalue weighted by Gasteiger charge is -2.27. The van der Waals surface area contributed by atoms with Gasteiger partial charge in [0.2, 0.25) is 5.88 Å². The number of carbonyl (C=O) groups excluding carboxylic acids is 1. The van der Waals surface area contributed by atoms with E-state index in [0.29, 0.717) is 12.2 Å². The molecule has 1 aromatic rings. The van der Waals surface area contributed by atoms with Crippen LogP contribution in [-0.2, 0) is 14.3 Å². The van der Waals surface area contributed by atoms with Crippen molar-refractivity contribution in [3.63, 3.8) is 0 Å². The predicted octanol–water partition coefficient (Wildman–Crippen LogP) is 3.26. The van der Waals surface area contributed by atoms with Gasteiger partial charge in [0, 0.05) is 0 Å². The maximum atomic E-state index is 14.4. The Kier molecular flexibility index (Phi) is 6.23. The molecule has 0 spiro atoms. The molecule has 0 saturated heterocycles. The van der Waals surface area contributed by atoms with Crippen LogP contribution in [0.5, 0.6) is 5.75 Å². The minimum Gasteiger partial charge on any atom is -0.491 e. The van der Waals surface area contributed by atoms with Crippen molar-refractivity contribution < 1.29 is 23.4 Å². The molecule has 1 atom stereocenters. The topological polar surface area (TPSA) is 94.6 Å². The summed E-state index contributed by atoms with van der Waals surface area (Å²) in [6.07, 6.45) is 0.744. The molecule has 0 bridgehead atoms. The third-order valence-electron chi connectivity index (χ3n) is 3.85. The number of hydrogen-bond donors (Lipinski definition) is 1. The Labute approximate surface area is 151 Å². The van der Waals surface area contributed by atoms with Crippen LogP contribution in [-0.4, -0.2) is 19.2 Å². The van der Waals surface area contributed by atoms with E-state index in [1.54, 1.807) is 19.9 Å². The number of carbonyl (C=O) groups is 1. The lowest BCUT2D eigenvalue weighted by molar-refractivity contribution is -0.139. The number of rotatable bonds is 6. The second-order valence-electron chi connectivity index (χ2n) is 5.65. The van der Waals surface area contributed by atoms with Gasteiger partial charge in [-0.05, 0) is 38.0 Å². The van der Waals surface area contributed by atoms with Crippen molar-refractivity contribution in [3.05, 3.63) is 52.4 Å². The maximum absolute atomic E-state index is 14.4. The average molecular weight is 360 g/mol. The second-order valence-corrected chi connectivity index (χ2v) is 5.65. The van der Waals surface area contributed by atoms with Gasteiger partial charge in [0.25, 0.3) is 0 Å². The Morgan fingerprint density at radius 1 is 1.42 bits per heavy atom. The highest BCUT2D eigenvalue weighted by atomic mass is 19.1. The molecule has 0 amide bonds. The molecule has 26 heavy (non-hydrogen) atoms. The van der Waals surface area contributed by atoms with E-state index in [0.717, 1.165) is 6.42 Å². The van der Waals surface area contributed by atoms with Crippen LogP contribution < -0.4 is 10.5 Å². The zero-order valence-electron chi connectivity index (χ0n) is 15.0. The van der Waals surface area contributed by atoms with Crippen LogP contribution in [0.3, 0.4) is 0 Å². The predicted molar refractivity (Wildman–Crippen MR) is 92.2 cm³/mol. The lowest BCUT2D eigenvalue weighted by Crippen LogP contribution is -2.25. The van der Waals surface area contributed by atoms with Crippen LogP contribution in [0, 0.1) is 17.1 Å². The molecule has 1 aliphatic heterocycles. The number of nitrogens with two attached hydrogens (primary N) is 1. The summed E-state index contributed by atoms with van der Waals surface area (Å²) in [4.78, 5) is 12.4. The third-order valence-corrected chi connectivity index (χ3v) is 3.85. The van der Waals surface area contributed by atoms with Gasteiger partial charge < -0.3 is 19.9 Å². The van der Waals surface area contributed by atoms with Gasteiger partial charge in [0.1, 0.15) is 17.4 Å². The quantitative estimate of drug-likeness (QED) is 0.783. The van der Waals surface area contributed by atoms with Crippen molar-refractivity contribution in [1.82, 2.24) is 0 Å². The van der Waals surface area contributed by atoms with Crippen LogP contribution in [0.1, 0.15) is 38.7 Å². The molecule has 0 aromatic heterocycles. The normalized spacial score (nSPS) is 16.8. The van der Waals surface area contributed by atoms with Crippen LogP contribution in [0.25, 0.3) is 0 Å². The molecule has 0 radical (unpaired) electrons. The molecule has 1 heterocycles. The summed E-state index contributed by atoms with van der Waals surface area (Å²) < 4.78 is 30.1. The summed E-state index contributed by atoms with van der Waals surface area (Å²) >= 11 is 0. The molecule has 0 aliphatic carbocycles. The molecular weight excluding hydrogens is 339 g/mol. The molecule has 138 valence electrons. The first-order valence-electron chi connectivity index (χ1n) is 8.32. The van der Waals surface area contributed by atoms with Crippen molar-refractivity contribution in [1.29, 1.82) is 5.26 Å². The Morgan fingerprint density at radius 3 is 2.73 bits per heavy atom. The fraction of sp³-hybridized carbons (Fsp3) is 0.368. The maximum Gasteiger partial charge on any atom is 0.338 e. The highest BCUT2D eigenvalue weighted by Gasteiger charge is 2.36. The van der Waals surface area contributed by atoms with Crippen molar-refractivity contribution in [2.75, 3.05) is 13.2 Å². The van der Waals surface area contributed by atoms with E-state index >= 15 is 0 Å². The fourth-order valence-corrected chi connectivity index (χ4v) is 2.71. The molecule has 0 saturated carbocycles. The summed E-state index contributed by atoms with van der Waals surface area (Å²) in [5, 5.41) is 9.49. The monoisotopic (exact) mass is 360 g/mol. The summed E-state index contributed by atoms with van der Waals surface area (Å²) in [6, 6.07) is 6.26. The smallest absolute Gasteiger partial charge is 0.338 e. The van der Waals surface area contributed by atoms with E-state index in [4.69, 9.17) is 19.9 Å². The highest BCUT2D eigenvalue weighted by Crippen LogP contribution is 2.40. The first kappa shape index (κ1) is 19.3. The van der Waals surface area contributed by atoms with E-state index in [2.05, 4.69) is 0 Å². The largest absolute Gasteiger partial charge is 0.491 e. The number of benzene rings is 1. The van der Waals surface area contributed by atoms with Crippen LogP contribution >= 0.6 is 0 Å². The van der Waals surface area contributed by atoms with Crippen molar-refractivity contribution >= 4 is 5.97 Å². The summed E-state index contributed by atoms with van der Waals surface area (Å²) in [6.45, 7) is 5.68. The van der Waals surface area contributed by atoms with Gasteiger partial charge in [0.15, 0.2) is 11.6 Å². The molecule has 1 aliphatic rings. The molecule has 0 fully saturated rings. The molecule has 1 unspecified atom stereocenters. The Balaban J connectivity index is 2.53. The minimum atomic E-state index is -0.873. The van der Waals surface area contributed by atoms with Gasteiger partial charge in [0.05, 0.1) is 24.7 Å². The van der Waals surface area contributed by atoms with E-state index in [9.17, 15) is 14.4 Å². The Bertz CT molecular complexity index is 808. The van der Waals surface area contributed by atoms with Gasteiger partial charge in [-0.2, -0.15) is 5.26 Å². The average Bonchev–Trinajstić information content (AvgIpc) is 2.60. The molecular formula is C19H21FN2O4. The van der Waals surface area contributed by atoms with E-state index in [-0.39, 0.29) is 35.1 Å². The SMILES string of the molecule is CCCOc1ccc(C2C(C#N)=C(N)OC(C)=C2C(=O)OCC)cc1F. The highest BCUT2D eigenvalue weighted by molar-refractivity contribution is 5.92. The lowest BCUT2D eigenvalue weighted by atomic mass is 9.83. The summed E-state index contributed by atoms with van der Waals surface area (Å²) in [5.41, 5.74) is 6.35. The van der Waals surface area contributed by atoms with E-state index in [1.165, 1.54) is 12.1 Å². The molecule has 2 rings (SSSR count). The number of nitrogens with zero attached hydrogens (tertiary/aromatic N) is 1. The number of halogens is 1. The van der Waals surface area contributed by atoms with Crippen LogP contribution in [0.4, 0.5) is 4.39 Å². The number of hydrogen-bond acceptors (Lipinski definition) is 6. The van der Waals surface area contributed by atoms with Crippen LogP contribution in [0.15, 0.2) is 41.0 Å². The van der Waals surface area contributed by atoms with Crippen LogP contribution in [0.2, 0.25) is 0 Å². The van der Waals surface area contributed by atoms with Crippen molar-refractivity contribution in [2.45, 2.75) is 33.1 Å². The summed E-state index contributed by atoms with van der Waals surface area (Å²) in [7, 11) is 0. The van der Waals surface area contributed by atoms with E-state index in [1.807, 2.05) is 13.0 Å². The first-order chi connectivity index (χ1) is 12.4. The van der Waals surface area contributed by atoms with Gasteiger partial charge in [-0.15, -0.1) is 0 Å². The molecule has 2 N–H and O–H groups in total. The minimum absolute atomic E-state index is 0.0280. The number of esters is 1. The van der Waals surface area contributed by atoms with Gasteiger partial charge in [-0.25, -0.2) is 9.18 Å². The Morgan fingerprint density at radius 2 is 2.15 bits per heavy atom. The number of ether oxygens (including phenoxy) is 3. The second kappa shape index (κ2) is 8.39.